The van der Waals surface area contributed by atoms with E-state index in [4.69, 9.17) is 9.47 Å². The Bertz CT molecular complexity index is 1160. The molecule has 3 aromatic carbocycles. The zero-order chi connectivity index (χ0) is 29.0. The molecule has 2 amide bonds. The Balaban J connectivity index is 0.941. The number of carbonyl (C=O) groups is 2. The van der Waals surface area contributed by atoms with Crippen molar-refractivity contribution in [1.29, 1.82) is 0 Å². The van der Waals surface area contributed by atoms with Crippen LogP contribution in [0.5, 0.6) is 0 Å². The normalized spacial score (nSPS) is 21.7. The van der Waals surface area contributed by atoms with E-state index in [1.54, 1.807) is 0 Å². The molecule has 42 heavy (non-hydrogen) atoms. The quantitative estimate of drug-likeness (QED) is 0.238. The van der Waals surface area contributed by atoms with Crippen molar-refractivity contribution < 1.29 is 19.1 Å². The lowest BCUT2D eigenvalue weighted by atomic mass is 10.1. The summed E-state index contributed by atoms with van der Waals surface area (Å²) in [5.41, 5.74) is 4.61. The van der Waals surface area contributed by atoms with E-state index in [1.165, 1.54) is 11.1 Å². The van der Waals surface area contributed by atoms with E-state index >= 15 is 0 Å². The molecular formula is C34H42N4O4. The molecule has 4 N–H and O–H groups in total. The fourth-order valence-electron chi connectivity index (χ4n) is 5.42. The number of ether oxygens (including phenoxy) is 2. The first kappa shape index (κ1) is 29.9. The first-order chi connectivity index (χ1) is 20.6. The number of amides is 2. The summed E-state index contributed by atoms with van der Waals surface area (Å²) in [6, 6.07) is 28.2. The molecular weight excluding hydrogens is 528 g/mol. The van der Waals surface area contributed by atoms with Crippen LogP contribution in [0.4, 0.5) is 0 Å². The highest BCUT2D eigenvalue weighted by Crippen LogP contribution is 2.16. The van der Waals surface area contributed by atoms with E-state index in [0.717, 1.165) is 24.0 Å². The molecule has 222 valence electrons. The van der Waals surface area contributed by atoms with Gasteiger partial charge in [0.1, 0.15) is 0 Å². The molecule has 2 fully saturated rings. The summed E-state index contributed by atoms with van der Waals surface area (Å²) >= 11 is 0. The topological polar surface area (TPSA) is 101 Å². The molecule has 0 bridgehead atoms. The zero-order valence-electron chi connectivity index (χ0n) is 24.1. The number of carbonyl (C=O) groups excluding carboxylic acids is 2. The molecule has 0 aromatic heterocycles. The van der Waals surface area contributed by atoms with Crippen LogP contribution in [0.15, 0.2) is 84.9 Å². The third kappa shape index (κ3) is 9.22. The molecule has 4 atom stereocenters. The molecule has 2 heterocycles. The molecule has 8 nitrogen and oxygen atoms in total. The molecule has 0 saturated carbocycles. The molecule has 0 spiro atoms. The summed E-state index contributed by atoms with van der Waals surface area (Å²) in [5.74, 6) is 0.0720. The number of hydrogen-bond acceptors (Lipinski definition) is 6. The van der Waals surface area contributed by atoms with Gasteiger partial charge in [0.05, 0.1) is 37.5 Å². The molecule has 0 unspecified atom stereocenters. The highest BCUT2D eigenvalue weighted by atomic mass is 16.5. The van der Waals surface area contributed by atoms with Crippen LogP contribution in [0.25, 0.3) is 0 Å². The van der Waals surface area contributed by atoms with Gasteiger partial charge in [-0.15, -0.1) is 0 Å². The second-order valence-electron chi connectivity index (χ2n) is 11.1. The van der Waals surface area contributed by atoms with Crippen LogP contribution in [0, 0.1) is 0 Å². The monoisotopic (exact) mass is 570 g/mol. The van der Waals surface area contributed by atoms with Crippen LogP contribution in [-0.4, -0.2) is 62.3 Å². The Morgan fingerprint density at radius 2 is 1.00 bits per heavy atom. The minimum absolute atomic E-state index is 0.0104. The minimum Gasteiger partial charge on any atom is -0.372 e. The maximum atomic E-state index is 12.5. The van der Waals surface area contributed by atoms with Crippen LogP contribution < -0.4 is 21.3 Å². The summed E-state index contributed by atoms with van der Waals surface area (Å²) in [6.45, 7) is 3.61. The lowest BCUT2D eigenvalue weighted by molar-refractivity contribution is -0.123. The van der Waals surface area contributed by atoms with E-state index in [1.807, 2.05) is 36.4 Å². The largest absolute Gasteiger partial charge is 0.372 e. The van der Waals surface area contributed by atoms with Crippen LogP contribution >= 0.6 is 0 Å². The predicted molar refractivity (Wildman–Crippen MR) is 163 cm³/mol. The molecule has 0 radical (unpaired) electrons. The van der Waals surface area contributed by atoms with E-state index in [2.05, 4.69) is 69.8 Å². The minimum atomic E-state index is -0.213. The van der Waals surface area contributed by atoms with Gasteiger partial charge in [0.2, 0.25) is 11.8 Å². The van der Waals surface area contributed by atoms with Gasteiger partial charge in [0.15, 0.2) is 0 Å². The summed E-state index contributed by atoms with van der Waals surface area (Å²) < 4.78 is 12.2. The predicted octanol–water partition coefficient (Wildman–Crippen LogP) is 2.90. The van der Waals surface area contributed by atoms with Gasteiger partial charge in [-0.3, -0.25) is 9.59 Å². The van der Waals surface area contributed by atoms with Crippen molar-refractivity contribution in [3.63, 3.8) is 0 Å². The Morgan fingerprint density at radius 3 is 1.40 bits per heavy atom. The lowest BCUT2D eigenvalue weighted by Crippen LogP contribution is -2.41. The van der Waals surface area contributed by atoms with Gasteiger partial charge in [-0.1, -0.05) is 84.9 Å². The Kier molecular flexibility index (Phi) is 11.1. The number of rotatable bonds is 14. The molecule has 8 heteroatoms. The molecule has 2 aliphatic heterocycles. The highest BCUT2D eigenvalue weighted by Gasteiger charge is 2.30. The molecule has 2 aliphatic rings. The van der Waals surface area contributed by atoms with E-state index in [0.29, 0.717) is 52.2 Å². The van der Waals surface area contributed by atoms with Gasteiger partial charge < -0.3 is 30.7 Å². The molecule has 2 saturated heterocycles. The van der Waals surface area contributed by atoms with Gasteiger partial charge in [0.25, 0.3) is 0 Å². The van der Waals surface area contributed by atoms with Crippen LogP contribution in [0.2, 0.25) is 0 Å². The van der Waals surface area contributed by atoms with Crippen LogP contribution in [-0.2, 0) is 45.1 Å². The van der Waals surface area contributed by atoms with Crippen LogP contribution in [0.1, 0.15) is 35.1 Å². The smallest absolute Gasteiger partial charge is 0.237 e. The van der Waals surface area contributed by atoms with E-state index in [-0.39, 0.29) is 36.1 Å². The number of hydrogen-bond donors (Lipinski definition) is 4. The molecule has 5 rings (SSSR count). The van der Waals surface area contributed by atoms with Crippen molar-refractivity contribution in [2.45, 2.75) is 63.2 Å². The molecule has 3 aromatic rings. The average Bonchev–Trinajstić information content (AvgIpc) is 3.71. The first-order valence-corrected chi connectivity index (χ1v) is 15.0. The first-order valence-electron chi connectivity index (χ1n) is 15.0. The number of benzene rings is 3. The maximum absolute atomic E-state index is 12.5. The van der Waals surface area contributed by atoms with Crippen molar-refractivity contribution in [1.82, 2.24) is 21.3 Å². The summed E-state index contributed by atoms with van der Waals surface area (Å²) in [7, 11) is 0. The van der Waals surface area contributed by atoms with Crippen molar-refractivity contribution in [3.05, 3.63) is 107 Å². The molecule has 0 aliphatic carbocycles. The van der Waals surface area contributed by atoms with E-state index < -0.39 is 0 Å². The average molecular weight is 571 g/mol. The summed E-state index contributed by atoms with van der Waals surface area (Å²) in [4.78, 5) is 25.1. The van der Waals surface area contributed by atoms with E-state index in [9.17, 15) is 9.59 Å². The van der Waals surface area contributed by atoms with Crippen molar-refractivity contribution in [2.75, 3.05) is 26.2 Å². The fourth-order valence-corrected chi connectivity index (χ4v) is 5.42. The van der Waals surface area contributed by atoms with Gasteiger partial charge in [-0.05, 0) is 47.9 Å². The zero-order valence-corrected chi connectivity index (χ0v) is 24.1. The Labute approximate surface area is 248 Å². The summed E-state index contributed by atoms with van der Waals surface area (Å²) in [6.07, 6.45) is 3.01. The van der Waals surface area contributed by atoms with Gasteiger partial charge in [0, 0.05) is 26.2 Å². The van der Waals surface area contributed by atoms with Gasteiger partial charge in [-0.2, -0.15) is 0 Å². The van der Waals surface area contributed by atoms with Crippen molar-refractivity contribution in [3.8, 4) is 0 Å². The highest BCUT2D eigenvalue weighted by molar-refractivity contribution is 5.82. The van der Waals surface area contributed by atoms with Crippen molar-refractivity contribution >= 4 is 11.8 Å². The number of nitrogens with one attached hydrogen (secondary N) is 4. The van der Waals surface area contributed by atoms with Crippen LogP contribution in [0.3, 0.4) is 0 Å². The SMILES string of the molecule is O=C(NCCc1ccccc1)[C@@H]1C[C@H](OCc2ccc(CO[C@@H]3CN[C@H](C(=O)NCCc4ccccc4)C3)cc2)CN1. The van der Waals surface area contributed by atoms with Crippen molar-refractivity contribution in [2.24, 2.45) is 0 Å². The maximum Gasteiger partial charge on any atom is 0.237 e. The van der Waals surface area contributed by atoms with Gasteiger partial charge in [-0.25, -0.2) is 0 Å². The van der Waals surface area contributed by atoms with Gasteiger partial charge >= 0.3 is 0 Å². The fraction of sp³-hybridized carbons (Fsp3) is 0.412. The standard InChI is InChI=1S/C34H42N4O4/c39-33(35-17-15-25-7-3-1-4-8-25)31-19-29(21-37-31)41-23-27-11-13-28(14-12-27)24-42-30-20-32(38-22-30)34(40)36-18-16-26-9-5-2-6-10-26/h1-14,29-32,37-38H,15-24H2,(H,35,39)(H,36,40)/t29-,30-,31-,32-/m0/s1. The Morgan fingerprint density at radius 1 is 0.595 bits per heavy atom. The third-order valence-corrected chi connectivity index (χ3v) is 7.92. The third-order valence-electron chi connectivity index (χ3n) is 7.92. The lowest BCUT2D eigenvalue weighted by Gasteiger charge is -2.14. The Hall–Kier alpha value is -3.56. The second kappa shape index (κ2) is 15.6. The second-order valence-corrected chi connectivity index (χ2v) is 11.1. The summed E-state index contributed by atoms with van der Waals surface area (Å²) in [5, 5.41) is 12.6.